The maximum atomic E-state index is 13.9. The van der Waals surface area contributed by atoms with Crippen LogP contribution in [0.4, 0.5) is 4.79 Å². The molecule has 10 heteroatoms. The van der Waals surface area contributed by atoms with Gasteiger partial charge >= 0.3 is 6.09 Å². The summed E-state index contributed by atoms with van der Waals surface area (Å²) >= 11 is 0. The second-order valence-electron chi connectivity index (χ2n) is 13.0. The molecule has 43 heavy (non-hydrogen) atoms. The van der Waals surface area contributed by atoms with E-state index in [9.17, 15) is 24.0 Å². The number of alkyl carbamates (subject to hydrolysis) is 1. The Morgan fingerprint density at radius 2 is 1.72 bits per heavy atom. The van der Waals surface area contributed by atoms with Crippen LogP contribution in [0, 0.1) is 17.8 Å². The number of aldehydes is 1. The number of hydrogen-bond donors (Lipinski definition) is 3. The van der Waals surface area contributed by atoms with Gasteiger partial charge in [0.15, 0.2) is 5.78 Å². The van der Waals surface area contributed by atoms with E-state index >= 15 is 0 Å². The summed E-state index contributed by atoms with van der Waals surface area (Å²) in [4.78, 5) is 64.3. The molecule has 2 aliphatic rings. The second-order valence-corrected chi connectivity index (χ2v) is 13.0. The molecule has 3 rings (SSSR count). The monoisotopic (exact) mass is 599 g/mol. The molecule has 2 fully saturated rings. The van der Waals surface area contributed by atoms with E-state index in [1.165, 1.54) is 0 Å². The Kier molecular flexibility index (Phi) is 13.2. The van der Waals surface area contributed by atoms with E-state index in [4.69, 9.17) is 9.47 Å². The highest BCUT2D eigenvalue weighted by Gasteiger charge is 2.36. The van der Waals surface area contributed by atoms with E-state index in [-0.39, 0.29) is 48.9 Å². The number of benzene rings is 1. The fraction of sp³-hybridized carbons (Fsp3) is 0.667. The lowest BCUT2D eigenvalue weighted by atomic mass is 9.80. The normalized spacial score (nSPS) is 20.3. The van der Waals surface area contributed by atoms with Crippen molar-refractivity contribution in [1.82, 2.24) is 16.0 Å². The Bertz CT molecular complexity index is 1080. The fourth-order valence-corrected chi connectivity index (χ4v) is 6.08. The summed E-state index contributed by atoms with van der Waals surface area (Å²) in [6, 6.07) is 7.35. The number of rotatable bonds is 15. The highest BCUT2D eigenvalue weighted by atomic mass is 16.5. The minimum absolute atomic E-state index is 0.0426. The van der Waals surface area contributed by atoms with Crippen LogP contribution in [0.5, 0.6) is 0 Å². The zero-order valence-electron chi connectivity index (χ0n) is 26.1. The first-order valence-corrected chi connectivity index (χ1v) is 15.7. The van der Waals surface area contributed by atoms with Crippen molar-refractivity contribution in [2.45, 2.75) is 116 Å². The van der Waals surface area contributed by atoms with Crippen LogP contribution in [0.15, 0.2) is 30.3 Å². The average molecular weight is 600 g/mol. The SMILES string of the molecule is C[C@@H](OC(C)(C)C)[C@H](NC(=O)OCc1ccccc1)C(=O)C[C@@H](CC1CCCCC1)C(=O)N[C@H](C=O)C[C@@H]1CCNC1=O. The number of amides is 3. The first-order valence-electron chi connectivity index (χ1n) is 15.7. The molecule has 0 radical (unpaired) electrons. The largest absolute Gasteiger partial charge is 0.445 e. The molecule has 5 atom stereocenters. The molecule has 1 aliphatic carbocycles. The maximum absolute atomic E-state index is 13.9. The molecule has 0 spiro atoms. The number of ketones is 1. The topological polar surface area (TPSA) is 140 Å². The minimum Gasteiger partial charge on any atom is -0.445 e. The maximum Gasteiger partial charge on any atom is 0.408 e. The van der Waals surface area contributed by atoms with Crippen LogP contribution < -0.4 is 16.0 Å². The van der Waals surface area contributed by atoms with Crippen LogP contribution in [0.1, 0.15) is 91.0 Å². The standard InChI is InChI=1S/C33H49N3O7/c1-22(43-33(2,3)4)29(36-32(41)42-21-24-13-9-6-10-14-24)28(38)19-26(17-23-11-7-5-8-12-23)31(40)35-27(20-37)18-25-15-16-34-30(25)39/h6,9-10,13-14,20,22-23,25-27,29H,5,7-8,11-12,15-19,21H2,1-4H3,(H,34,39)(H,35,40)(H,36,41)/t22-,25+,26-,27+,29+/m1/s1. The minimum atomic E-state index is -1.05. The van der Waals surface area contributed by atoms with Gasteiger partial charge in [-0.3, -0.25) is 14.4 Å². The van der Waals surface area contributed by atoms with Gasteiger partial charge in [-0.1, -0.05) is 62.4 Å². The van der Waals surface area contributed by atoms with Crippen molar-refractivity contribution < 1.29 is 33.4 Å². The molecule has 1 saturated carbocycles. The molecule has 238 valence electrons. The molecular weight excluding hydrogens is 550 g/mol. The van der Waals surface area contributed by atoms with Gasteiger partial charge in [0.1, 0.15) is 18.9 Å². The molecule has 0 unspecified atom stereocenters. The zero-order valence-corrected chi connectivity index (χ0v) is 26.1. The highest BCUT2D eigenvalue weighted by Crippen LogP contribution is 2.31. The van der Waals surface area contributed by atoms with Crippen molar-refractivity contribution in [2.24, 2.45) is 17.8 Å². The van der Waals surface area contributed by atoms with Gasteiger partial charge in [0.2, 0.25) is 11.8 Å². The lowest BCUT2D eigenvalue weighted by Gasteiger charge is -2.32. The molecule has 3 amide bonds. The number of ether oxygens (including phenoxy) is 2. The van der Waals surface area contributed by atoms with E-state index in [1.807, 2.05) is 51.1 Å². The fourth-order valence-electron chi connectivity index (χ4n) is 6.08. The quantitative estimate of drug-likeness (QED) is 0.256. The summed E-state index contributed by atoms with van der Waals surface area (Å²) in [6.07, 6.45) is 5.70. The predicted molar refractivity (Wildman–Crippen MR) is 162 cm³/mol. The van der Waals surface area contributed by atoms with Crippen molar-refractivity contribution in [2.75, 3.05) is 6.54 Å². The first-order chi connectivity index (χ1) is 20.4. The second kappa shape index (κ2) is 16.5. The number of carbonyl (C=O) groups is 5. The van der Waals surface area contributed by atoms with Crippen LogP contribution in [0.3, 0.4) is 0 Å². The van der Waals surface area contributed by atoms with Gasteiger partial charge in [-0.25, -0.2) is 4.79 Å². The predicted octanol–water partition coefficient (Wildman–Crippen LogP) is 4.24. The zero-order chi connectivity index (χ0) is 31.4. The smallest absolute Gasteiger partial charge is 0.408 e. The molecule has 10 nitrogen and oxygen atoms in total. The molecule has 1 aromatic carbocycles. The summed E-state index contributed by atoms with van der Waals surface area (Å²) in [5.74, 6) is -1.58. The molecule has 3 N–H and O–H groups in total. The first kappa shape index (κ1) is 34.2. The summed E-state index contributed by atoms with van der Waals surface area (Å²) in [7, 11) is 0. The van der Waals surface area contributed by atoms with Crippen molar-refractivity contribution in [1.29, 1.82) is 0 Å². The van der Waals surface area contributed by atoms with E-state index < -0.39 is 35.8 Å². The summed E-state index contributed by atoms with van der Waals surface area (Å²) in [6.45, 7) is 7.91. The van der Waals surface area contributed by atoms with Gasteiger partial charge in [0.05, 0.1) is 17.7 Å². The third-order valence-corrected chi connectivity index (χ3v) is 8.20. The molecule has 1 heterocycles. The Balaban J connectivity index is 1.73. The van der Waals surface area contributed by atoms with Crippen molar-refractivity contribution in [3.05, 3.63) is 35.9 Å². The van der Waals surface area contributed by atoms with Gasteiger partial charge in [-0.05, 0) is 58.4 Å². The van der Waals surface area contributed by atoms with Crippen molar-refractivity contribution in [3.8, 4) is 0 Å². The van der Waals surface area contributed by atoms with Crippen LogP contribution in [-0.4, -0.2) is 60.3 Å². The lowest BCUT2D eigenvalue weighted by molar-refractivity contribution is -0.135. The number of nitrogens with one attached hydrogen (secondary N) is 3. The van der Waals surface area contributed by atoms with E-state index in [0.717, 1.165) is 37.7 Å². The molecule has 0 bridgehead atoms. The summed E-state index contributed by atoms with van der Waals surface area (Å²) in [5.41, 5.74) is 0.222. The Morgan fingerprint density at radius 1 is 1.02 bits per heavy atom. The van der Waals surface area contributed by atoms with Gasteiger partial charge in [0.25, 0.3) is 0 Å². The Labute approximate surface area is 255 Å². The van der Waals surface area contributed by atoms with Gasteiger partial charge in [-0.15, -0.1) is 0 Å². The number of hydrogen-bond acceptors (Lipinski definition) is 7. The molecule has 1 aliphatic heterocycles. The summed E-state index contributed by atoms with van der Waals surface area (Å²) in [5, 5.41) is 8.27. The molecular formula is C33H49N3O7. The van der Waals surface area contributed by atoms with Crippen LogP contribution in [0.2, 0.25) is 0 Å². The number of carbonyl (C=O) groups excluding carboxylic acids is 5. The van der Waals surface area contributed by atoms with Crippen LogP contribution in [-0.2, 0) is 35.3 Å². The molecule has 1 saturated heterocycles. The van der Waals surface area contributed by atoms with Crippen LogP contribution >= 0.6 is 0 Å². The molecule has 1 aromatic rings. The molecule has 0 aromatic heterocycles. The van der Waals surface area contributed by atoms with E-state index in [0.29, 0.717) is 25.7 Å². The van der Waals surface area contributed by atoms with Gasteiger partial charge in [0, 0.05) is 24.8 Å². The van der Waals surface area contributed by atoms with Gasteiger partial charge in [-0.2, -0.15) is 0 Å². The van der Waals surface area contributed by atoms with Gasteiger partial charge < -0.3 is 30.2 Å². The average Bonchev–Trinajstić information content (AvgIpc) is 3.37. The highest BCUT2D eigenvalue weighted by molar-refractivity contribution is 5.92. The third-order valence-electron chi connectivity index (χ3n) is 8.20. The number of Topliss-reactive ketones (excluding diaryl/α,β-unsaturated/α-hetero) is 1. The van der Waals surface area contributed by atoms with E-state index in [1.54, 1.807) is 6.92 Å². The lowest BCUT2D eigenvalue weighted by Crippen LogP contribution is -2.51. The Hall–Kier alpha value is -3.27. The van der Waals surface area contributed by atoms with E-state index in [2.05, 4.69) is 16.0 Å². The van der Waals surface area contributed by atoms with Crippen molar-refractivity contribution >= 4 is 30.0 Å². The van der Waals surface area contributed by atoms with Crippen LogP contribution in [0.25, 0.3) is 0 Å². The van der Waals surface area contributed by atoms with Crippen molar-refractivity contribution in [3.63, 3.8) is 0 Å². The summed E-state index contributed by atoms with van der Waals surface area (Å²) < 4.78 is 11.5. The third kappa shape index (κ3) is 11.7. The Morgan fingerprint density at radius 3 is 2.33 bits per heavy atom.